The van der Waals surface area contributed by atoms with Crippen molar-refractivity contribution in [1.29, 1.82) is 0 Å². The predicted octanol–water partition coefficient (Wildman–Crippen LogP) is 1.72. The van der Waals surface area contributed by atoms with Crippen LogP contribution < -0.4 is 10.6 Å². The fraction of sp³-hybridized carbons (Fsp3) is 0.857. The molecule has 5 nitrogen and oxygen atoms in total. The van der Waals surface area contributed by atoms with Gasteiger partial charge in [-0.3, -0.25) is 9.59 Å². The van der Waals surface area contributed by atoms with E-state index in [2.05, 4.69) is 10.6 Å². The summed E-state index contributed by atoms with van der Waals surface area (Å²) >= 11 is 0. The van der Waals surface area contributed by atoms with Gasteiger partial charge in [0.25, 0.3) is 6.47 Å². The Kier molecular flexibility index (Phi) is 12.7. The molecular weight excluding hydrogens is 244 g/mol. The summed E-state index contributed by atoms with van der Waals surface area (Å²) in [6.07, 6.45) is 1.85. The minimum Gasteiger partial charge on any atom is -0.462 e. The summed E-state index contributed by atoms with van der Waals surface area (Å²) in [6.45, 7) is 11.7. The van der Waals surface area contributed by atoms with Crippen molar-refractivity contribution in [3.8, 4) is 0 Å². The average molecular weight is 274 g/mol. The van der Waals surface area contributed by atoms with Crippen LogP contribution in [-0.2, 0) is 14.3 Å². The van der Waals surface area contributed by atoms with Gasteiger partial charge in [0.1, 0.15) is 5.60 Å². The van der Waals surface area contributed by atoms with E-state index in [1.165, 1.54) is 0 Å². The van der Waals surface area contributed by atoms with Gasteiger partial charge in [-0.1, -0.05) is 20.8 Å². The van der Waals surface area contributed by atoms with Gasteiger partial charge in [0.2, 0.25) is 5.91 Å². The van der Waals surface area contributed by atoms with Gasteiger partial charge in [-0.25, -0.2) is 0 Å². The molecule has 0 fully saturated rings. The fourth-order valence-electron chi connectivity index (χ4n) is 0.894. The molecule has 0 aromatic carbocycles. The molecule has 0 aliphatic heterocycles. The van der Waals surface area contributed by atoms with Crippen LogP contribution in [0.4, 0.5) is 0 Å². The quantitative estimate of drug-likeness (QED) is 0.522. The van der Waals surface area contributed by atoms with Crippen molar-refractivity contribution in [2.75, 3.05) is 20.1 Å². The fourth-order valence-corrected chi connectivity index (χ4v) is 0.894. The van der Waals surface area contributed by atoms with Crippen LogP contribution in [0.5, 0.6) is 0 Å². The summed E-state index contributed by atoms with van der Waals surface area (Å²) < 4.78 is 4.70. The highest BCUT2D eigenvalue weighted by molar-refractivity contribution is 5.77. The first kappa shape index (κ1) is 20.2. The Bertz CT molecular complexity index is 241. The SMILES string of the molecule is CCC(C)(C)OC=O.CNCCCNC(=O)C(C)C. The molecule has 0 atom stereocenters. The van der Waals surface area contributed by atoms with E-state index in [0.717, 1.165) is 25.9 Å². The van der Waals surface area contributed by atoms with E-state index in [1.54, 1.807) is 0 Å². The number of ether oxygens (including phenoxy) is 1. The van der Waals surface area contributed by atoms with Crippen molar-refractivity contribution in [3.63, 3.8) is 0 Å². The summed E-state index contributed by atoms with van der Waals surface area (Å²) in [7, 11) is 1.91. The Morgan fingerprint density at radius 3 is 2.21 bits per heavy atom. The molecule has 2 N–H and O–H groups in total. The highest BCUT2D eigenvalue weighted by Crippen LogP contribution is 2.10. The zero-order valence-corrected chi connectivity index (χ0v) is 13.2. The standard InChI is InChI=1S/C8H18N2O.C6H12O2/c1-7(2)8(11)10-6-4-5-9-3;1-4-6(2,3)8-5-7/h7,9H,4-6H2,1-3H3,(H,10,11);5H,4H2,1-3H3. The zero-order chi connectivity index (χ0) is 15.3. The van der Waals surface area contributed by atoms with E-state index >= 15 is 0 Å². The molecule has 1 amide bonds. The molecule has 0 saturated heterocycles. The Morgan fingerprint density at radius 2 is 1.89 bits per heavy atom. The van der Waals surface area contributed by atoms with Crippen molar-refractivity contribution in [1.82, 2.24) is 10.6 Å². The van der Waals surface area contributed by atoms with Gasteiger partial charge < -0.3 is 15.4 Å². The minimum atomic E-state index is -0.276. The van der Waals surface area contributed by atoms with E-state index in [4.69, 9.17) is 4.74 Å². The average Bonchev–Trinajstić information content (AvgIpc) is 2.35. The van der Waals surface area contributed by atoms with Gasteiger partial charge in [0.05, 0.1) is 0 Å². The molecule has 0 spiro atoms. The van der Waals surface area contributed by atoms with Gasteiger partial charge in [-0.05, 0) is 40.3 Å². The van der Waals surface area contributed by atoms with Gasteiger partial charge >= 0.3 is 0 Å². The maximum Gasteiger partial charge on any atom is 0.293 e. The van der Waals surface area contributed by atoms with Gasteiger partial charge in [0, 0.05) is 12.5 Å². The summed E-state index contributed by atoms with van der Waals surface area (Å²) in [5, 5.41) is 5.86. The first-order valence-electron chi connectivity index (χ1n) is 6.84. The van der Waals surface area contributed by atoms with E-state index in [9.17, 15) is 9.59 Å². The summed E-state index contributed by atoms with van der Waals surface area (Å²) in [6, 6.07) is 0. The highest BCUT2D eigenvalue weighted by Gasteiger charge is 2.13. The van der Waals surface area contributed by atoms with Crippen LogP contribution in [0, 0.1) is 5.92 Å². The van der Waals surface area contributed by atoms with Crippen molar-refractivity contribution >= 4 is 12.4 Å². The first-order chi connectivity index (χ1) is 8.80. The third kappa shape index (κ3) is 14.8. The molecule has 114 valence electrons. The molecular formula is C14H30N2O3. The maximum absolute atomic E-state index is 11.0. The lowest BCUT2D eigenvalue weighted by molar-refractivity contribution is -0.140. The summed E-state index contributed by atoms with van der Waals surface area (Å²) in [4.78, 5) is 20.7. The topological polar surface area (TPSA) is 67.4 Å². The molecule has 0 aliphatic carbocycles. The number of hydrogen-bond acceptors (Lipinski definition) is 4. The lowest BCUT2D eigenvalue weighted by Crippen LogP contribution is -2.29. The Balaban J connectivity index is 0. The first-order valence-corrected chi connectivity index (χ1v) is 6.84. The van der Waals surface area contributed by atoms with Gasteiger partial charge in [-0.15, -0.1) is 0 Å². The van der Waals surface area contributed by atoms with Crippen LogP contribution in [0.1, 0.15) is 47.5 Å². The predicted molar refractivity (Wildman–Crippen MR) is 77.9 cm³/mol. The molecule has 0 saturated carbocycles. The smallest absolute Gasteiger partial charge is 0.293 e. The Hall–Kier alpha value is -1.10. The highest BCUT2D eigenvalue weighted by atomic mass is 16.5. The molecule has 0 unspecified atom stereocenters. The lowest BCUT2D eigenvalue weighted by atomic mass is 10.1. The largest absolute Gasteiger partial charge is 0.462 e. The van der Waals surface area contributed by atoms with E-state index in [0.29, 0.717) is 6.47 Å². The minimum absolute atomic E-state index is 0.101. The van der Waals surface area contributed by atoms with Crippen LogP contribution in [0.15, 0.2) is 0 Å². The second kappa shape index (κ2) is 12.0. The Labute approximate surface area is 117 Å². The number of hydrogen-bond donors (Lipinski definition) is 2. The molecule has 0 aromatic heterocycles. The van der Waals surface area contributed by atoms with Crippen molar-refractivity contribution in [2.45, 2.75) is 53.1 Å². The second-order valence-electron chi connectivity index (χ2n) is 5.23. The molecule has 19 heavy (non-hydrogen) atoms. The van der Waals surface area contributed by atoms with Crippen LogP contribution in [0.3, 0.4) is 0 Å². The molecule has 0 bridgehead atoms. The van der Waals surface area contributed by atoms with Crippen LogP contribution in [0.25, 0.3) is 0 Å². The maximum atomic E-state index is 11.0. The van der Waals surface area contributed by atoms with E-state index in [1.807, 2.05) is 41.7 Å². The monoisotopic (exact) mass is 274 g/mol. The van der Waals surface area contributed by atoms with E-state index < -0.39 is 0 Å². The van der Waals surface area contributed by atoms with Crippen molar-refractivity contribution in [3.05, 3.63) is 0 Å². The normalized spacial score (nSPS) is 10.5. The number of carbonyl (C=O) groups excluding carboxylic acids is 2. The lowest BCUT2D eigenvalue weighted by Gasteiger charge is -2.19. The van der Waals surface area contributed by atoms with Crippen molar-refractivity contribution < 1.29 is 14.3 Å². The van der Waals surface area contributed by atoms with Gasteiger partial charge in [0.15, 0.2) is 0 Å². The van der Waals surface area contributed by atoms with Gasteiger partial charge in [-0.2, -0.15) is 0 Å². The molecule has 0 heterocycles. The molecule has 0 aliphatic rings. The number of amides is 1. The number of rotatable bonds is 8. The zero-order valence-electron chi connectivity index (χ0n) is 13.2. The second-order valence-corrected chi connectivity index (χ2v) is 5.23. The third-order valence-electron chi connectivity index (χ3n) is 2.65. The summed E-state index contributed by atoms with van der Waals surface area (Å²) in [5.74, 6) is 0.241. The molecule has 0 aromatic rings. The number of nitrogens with one attached hydrogen (secondary N) is 2. The molecule has 0 rings (SSSR count). The van der Waals surface area contributed by atoms with Crippen molar-refractivity contribution in [2.24, 2.45) is 5.92 Å². The van der Waals surface area contributed by atoms with Crippen LogP contribution in [0.2, 0.25) is 0 Å². The third-order valence-corrected chi connectivity index (χ3v) is 2.65. The van der Waals surface area contributed by atoms with Crippen LogP contribution >= 0.6 is 0 Å². The number of carbonyl (C=O) groups is 2. The summed E-state index contributed by atoms with van der Waals surface area (Å²) in [5.41, 5.74) is -0.276. The van der Waals surface area contributed by atoms with Crippen LogP contribution in [-0.4, -0.2) is 38.1 Å². The molecule has 0 radical (unpaired) electrons. The Morgan fingerprint density at radius 1 is 1.32 bits per heavy atom. The van der Waals surface area contributed by atoms with E-state index in [-0.39, 0.29) is 17.4 Å². The molecule has 5 heteroatoms.